The maximum Gasteiger partial charge on any atom is 0.271 e. The molecule has 0 unspecified atom stereocenters. The number of amides is 1. The summed E-state index contributed by atoms with van der Waals surface area (Å²) in [5.41, 5.74) is 7.52. The van der Waals surface area contributed by atoms with Crippen LogP contribution in [0.4, 0.5) is 5.69 Å². The molecule has 0 spiro atoms. The van der Waals surface area contributed by atoms with Crippen molar-refractivity contribution < 1.29 is 4.79 Å². The van der Waals surface area contributed by atoms with Crippen LogP contribution >= 0.6 is 0 Å². The number of carbonyl (C=O) groups excluding carboxylic acids is 1. The van der Waals surface area contributed by atoms with Crippen LogP contribution in [0, 0.1) is 0 Å². The Labute approximate surface area is 104 Å². The summed E-state index contributed by atoms with van der Waals surface area (Å²) in [6.07, 6.45) is 5.54. The van der Waals surface area contributed by atoms with Gasteiger partial charge in [0.25, 0.3) is 5.91 Å². The molecule has 0 aliphatic rings. The lowest BCUT2D eigenvalue weighted by Crippen LogP contribution is -2.28. The topological polar surface area (TPSA) is 102 Å². The Balaban J connectivity index is 1.93. The third-order valence-electron chi connectivity index (χ3n) is 2.62. The molecule has 2 heterocycles. The number of aromatic amines is 1. The van der Waals surface area contributed by atoms with E-state index in [0.717, 1.165) is 5.69 Å². The van der Waals surface area contributed by atoms with Crippen LogP contribution in [-0.4, -0.2) is 32.2 Å². The Bertz CT molecular complexity index is 516. The zero-order chi connectivity index (χ0) is 13.0. The molecule has 0 saturated heterocycles. The van der Waals surface area contributed by atoms with Gasteiger partial charge >= 0.3 is 0 Å². The van der Waals surface area contributed by atoms with Gasteiger partial charge in [0, 0.05) is 31.4 Å². The average Bonchev–Trinajstić information content (AvgIpc) is 2.98. The molecule has 4 N–H and O–H groups in total. The molecular weight excluding hydrogens is 232 g/mol. The van der Waals surface area contributed by atoms with Crippen LogP contribution in [0.25, 0.3) is 0 Å². The largest absolute Gasteiger partial charge is 0.396 e. The molecule has 0 aromatic carbocycles. The van der Waals surface area contributed by atoms with Gasteiger partial charge in [0.05, 0.1) is 18.2 Å². The van der Waals surface area contributed by atoms with Gasteiger partial charge in [0.2, 0.25) is 0 Å². The van der Waals surface area contributed by atoms with Gasteiger partial charge in [0.1, 0.15) is 5.69 Å². The van der Waals surface area contributed by atoms with Crippen LogP contribution in [0.1, 0.15) is 23.1 Å². The number of nitrogen functional groups attached to an aromatic ring is 1. The monoisotopic (exact) mass is 248 g/mol. The molecule has 2 aromatic rings. The van der Waals surface area contributed by atoms with E-state index in [-0.39, 0.29) is 5.91 Å². The summed E-state index contributed by atoms with van der Waals surface area (Å²) < 4.78 is 1.58. The van der Waals surface area contributed by atoms with Gasteiger partial charge in [-0.05, 0) is 6.92 Å². The predicted octanol–water partition coefficient (Wildman–Crippen LogP) is 0.181. The minimum absolute atomic E-state index is 0.202. The molecule has 0 atom stereocenters. The standard InChI is InChI=1S/C11H16N6O/c1-2-17-10(9(12)6-16-17)11(18)14-4-3-8-5-13-7-15-8/h5-7H,2-4,12H2,1H3,(H,13,15)(H,14,18). The highest BCUT2D eigenvalue weighted by molar-refractivity contribution is 5.97. The van der Waals surface area contributed by atoms with E-state index in [1.54, 1.807) is 17.2 Å². The first-order valence-corrected chi connectivity index (χ1v) is 5.79. The van der Waals surface area contributed by atoms with Gasteiger partial charge in [-0.15, -0.1) is 0 Å². The van der Waals surface area contributed by atoms with Crippen LogP contribution in [0.15, 0.2) is 18.7 Å². The van der Waals surface area contributed by atoms with Crippen molar-refractivity contribution in [3.63, 3.8) is 0 Å². The highest BCUT2D eigenvalue weighted by Gasteiger charge is 2.15. The Morgan fingerprint density at radius 2 is 2.39 bits per heavy atom. The summed E-state index contributed by atoms with van der Waals surface area (Å²) in [6.45, 7) is 3.05. The number of H-pyrrole nitrogens is 1. The minimum Gasteiger partial charge on any atom is -0.396 e. The molecule has 0 fully saturated rings. The second kappa shape index (κ2) is 5.35. The molecular formula is C11H16N6O. The quantitative estimate of drug-likeness (QED) is 0.702. The van der Waals surface area contributed by atoms with E-state index in [9.17, 15) is 4.79 Å². The Hall–Kier alpha value is -2.31. The van der Waals surface area contributed by atoms with Gasteiger partial charge in [-0.25, -0.2) is 4.98 Å². The molecule has 7 nitrogen and oxygen atoms in total. The average molecular weight is 248 g/mol. The molecule has 0 aliphatic heterocycles. The number of hydrogen-bond donors (Lipinski definition) is 3. The normalized spacial score (nSPS) is 10.5. The van der Waals surface area contributed by atoms with Crippen molar-refractivity contribution in [3.8, 4) is 0 Å². The first kappa shape index (κ1) is 12.2. The molecule has 2 aromatic heterocycles. The first-order chi connectivity index (χ1) is 8.72. The number of imidazole rings is 1. The Morgan fingerprint density at radius 1 is 1.56 bits per heavy atom. The molecule has 0 saturated carbocycles. The predicted molar refractivity (Wildman–Crippen MR) is 66.9 cm³/mol. The maximum absolute atomic E-state index is 12.0. The van der Waals surface area contributed by atoms with Gasteiger partial charge in [0.15, 0.2) is 0 Å². The van der Waals surface area contributed by atoms with E-state index in [1.165, 1.54) is 6.20 Å². The second-order valence-electron chi connectivity index (χ2n) is 3.85. The maximum atomic E-state index is 12.0. The Morgan fingerprint density at radius 3 is 3.06 bits per heavy atom. The summed E-state index contributed by atoms with van der Waals surface area (Å²) >= 11 is 0. The number of carbonyl (C=O) groups is 1. The van der Waals surface area contributed by atoms with Crippen molar-refractivity contribution in [3.05, 3.63) is 30.1 Å². The van der Waals surface area contributed by atoms with E-state index in [2.05, 4.69) is 20.4 Å². The lowest BCUT2D eigenvalue weighted by atomic mass is 10.3. The summed E-state index contributed by atoms with van der Waals surface area (Å²) in [7, 11) is 0. The van der Waals surface area contributed by atoms with E-state index in [4.69, 9.17) is 5.73 Å². The molecule has 7 heteroatoms. The lowest BCUT2D eigenvalue weighted by Gasteiger charge is -2.07. The van der Waals surface area contributed by atoms with Gasteiger partial charge in [-0.3, -0.25) is 9.48 Å². The van der Waals surface area contributed by atoms with Gasteiger partial charge < -0.3 is 16.0 Å². The third kappa shape index (κ3) is 2.50. The number of nitrogens with two attached hydrogens (primary N) is 1. The summed E-state index contributed by atoms with van der Waals surface area (Å²) in [5.74, 6) is -0.202. The first-order valence-electron chi connectivity index (χ1n) is 5.79. The Kier molecular flexibility index (Phi) is 3.61. The fourth-order valence-corrected chi connectivity index (χ4v) is 1.70. The van der Waals surface area contributed by atoms with E-state index in [1.807, 2.05) is 6.92 Å². The molecule has 0 bridgehead atoms. The smallest absolute Gasteiger partial charge is 0.271 e. The summed E-state index contributed by atoms with van der Waals surface area (Å²) in [4.78, 5) is 18.8. The molecule has 1 amide bonds. The molecule has 2 rings (SSSR count). The third-order valence-corrected chi connectivity index (χ3v) is 2.62. The molecule has 0 radical (unpaired) electrons. The fourth-order valence-electron chi connectivity index (χ4n) is 1.70. The van der Waals surface area contributed by atoms with Crippen molar-refractivity contribution in [2.45, 2.75) is 19.9 Å². The van der Waals surface area contributed by atoms with Crippen LogP contribution in [0.5, 0.6) is 0 Å². The fraction of sp³-hybridized carbons (Fsp3) is 0.364. The summed E-state index contributed by atoms with van der Waals surface area (Å²) in [5, 5.41) is 6.84. The number of rotatable bonds is 5. The van der Waals surface area contributed by atoms with Crippen molar-refractivity contribution in [1.82, 2.24) is 25.1 Å². The number of nitrogens with one attached hydrogen (secondary N) is 2. The van der Waals surface area contributed by atoms with Crippen molar-refractivity contribution >= 4 is 11.6 Å². The highest BCUT2D eigenvalue weighted by atomic mass is 16.2. The lowest BCUT2D eigenvalue weighted by molar-refractivity contribution is 0.0944. The van der Waals surface area contributed by atoms with E-state index in [0.29, 0.717) is 30.9 Å². The zero-order valence-corrected chi connectivity index (χ0v) is 10.2. The number of hydrogen-bond acceptors (Lipinski definition) is 4. The number of aryl methyl sites for hydroxylation is 1. The number of anilines is 1. The molecule has 0 aliphatic carbocycles. The van der Waals surface area contributed by atoms with Crippen LogP contribution in [0.2, 0.25) is 0 Å². The second-order valence-corrected chi connectivity index (χ2v) is 3.85. The van der Waals surface area contributed by atoms with Crippen LogP contribution in [0.3, 0.4) is 0 Å². The van der Waals surface area contributed by atoms with E-state index < -0.39 is 0 Å². The zero-order valence-electron chi connectivity index (χ0n) is 10.2. The van der Waals surface area contributed by atoms with Crippen LogP contribution < -0.4 is 11.1 Å². The summed E-state index contributed by atoms with van der Waals surface area (Å²) in [6, 6.07) is 0. The highest BCUT2D eigenvalue weighted by Crippen LogP contribution is 2.10. The van der Waals surface area contributed by atoms with Gasteiger partial charge in [-0.2, -0.15) is 5.10 Å². The van der Waals surface area contributed by atoms with E-state index >= 15 is 0 Å². The van der Waals surface area contributed by atoms with Crippen molar-refractivity contribution in [2.75, 3.05) is 12.3 Å². The van der Waals surface area contributed by atoms with Crippen molar-refractivity contribution in [2.24, 2.45) is 0 Å². The number of aromatic nitrogens is 4. The number of nitrogens with zero attached hydrogens (tertiary/aromatic N) is 3. The minimum atomic E-state index is -0.202. The SMILES string of the molecule is CCn1ncc(N)c1C(=O)NCCc1cnc[nH]1. The van der Waals surface area contributed by atoms with Crippen molar-refractivity contribution in [1.29, 1.82) is 0 Å². The van der Waals surface area contributed by atoms with Gasteiger partial charge in [-0.1, -0.05) is 0 Å². The van der Waals surface area contributed by atoms with Crippen LogP contribution in [-0.2, 0) is 13.0 Å². The molecule has 96 valence electrons. The molecule has 18 heavy (non-hydrogen) atoms.